The Morgan fingerprint density at radius 2 is 1.85 bits per heavy atom. The average Bonchev–Trinajstić information content (AvgIpc) is 2.26. The molecule has 0 amide bonds. The number of hydrogen-bond acceptors (Lipinski definition) is 4. The Balaban J connectivity index is 0.000000796. The maximum atomic E-state index is 7.61. The molecule has 0 radical (unpaired) electrons. The summed E-state index contributed by atoms with van der Waals surface area (Å²) in [5.74, 6) is 0.890. The molecule has 1 aromatic carbocycles. The van der Waals surface area contributed by atoms with Crippen LogP contribution >= 0.6 is 0 Å². The zero-order valence-electron chi connectivity index (χ0n) is 13.3. The molecule has 0 saturated carbocycles. The summed E-state index contributed by atoms with van der Waals surface area (Å²) in [6.45, 7) is 11.5. The molecule has 1 rings (SSSR count). The molecule has 0 saturated heterocycles. The number of hydrogen-bond donors (Lipinski definition) is 3. The highest BCUT2D eigenvalue weighted by Gasteiger charge is 2.11. The van der Waals surface area contributed by atoms with Crippen LogP contribution in [-0.4, -0.2) is 22.1 Å². The lowest BCUT2D eigenvalue weighted by atomic mass is 10.2. The van der Waals surface area contributed by atoms with Gasteiger partial charge in [-0.1, -0.05) is 12.1 Å². The van der Waals surface area contributed by atoms with Crippen LogP contribution in [0.1, 0.15) is 41.5 Å². The molecule has 0 atom stereocenters. The fourth-order valence-electron chi connectivity index (χ4n) is 1.29. The van der Waals surface area contributed by atoms with Crippen molar-refractivity contribution in [2.45, 2.75) is 53.4 Å². The van der Waals surface area contributed by atoms with Gasteiger partial charge >= 0.3 is 0 Å². The second-order valence-corrected chi connectivity index (χ2v) is 5.47. The number of benzene rings is 1. The standard InChI is InChI=1S/C14H21NO.C2H6O2/c1-6-11(2)15-12-8-7-9-13(10-12)16-14(3,4)5;1-2(3)4/h6-10,15H,1-5H3;2-4H,1H3/b11-6-;. The Morgan fingerprint density at radius 1 is 1.30 bits per heavy atom. The van der Waals surface area contributed by atoms with Crippen molar-refractivity contribution in [1.82, 2.24) is 0 Å². The molecule has 0 aromatic heterocycles. The molecule has 0 spiro atoms. The Labute approximate surface area is 122 Å². The fraction of sp³-hybridized carbons (Fsp3) is 0.500. The molecule has 4 nitrogen and oxygen atoms in total. The van der Waals surface area contributed by atoms with E-state index in [1.165, 1.54) is 6.92 Å². The highest BCUT2D eigenvalue weighted by atomic mass is 16.5. The Kier molecular flexibility index (Phi) is 7.96. The number of rotatable bonds is 3. The third kappa shape index (κ3) is 10.4. The van der Waals surface area contributed by atoms with Gasteiger partial charge in [-0.25, -0.2) is 0 Å². The topological polar surface area (TPSA) is 61.7 Å². The lowest BCUT2D eigenvalue weighted by molar-refractivity contribution is -0.0228. The molecule has 4 heteroatoms. The van der Waals surface area contributed by atoms with E-state index < -0.39 is 6.29 Å². The number of ether oxygens (including phenoxy) is 1. The molecule has 3 N–H and O–H groups in total. The summed E-state index contributed by atoms with van der Waals surface area (Å²) in [6, 6.07) is 8.01. The molecule has 0 unspecified atom stereocenters. The molecule has 0 aliphatic rings. The van der Waals surface area contributed by atoms with Crippen molar-refractivity contribution >= 4 is 5.69 Å². The normalized spacial score (nSPS) is 11.8. The van der Waals surface area contributed by atoms with Crippen LogP contribution in [0.25, 0.3) is 0 Å². The largest absolute Gasteiger partial charge is 0.488 e. The highest BCUT2D eigenvalue weighted by Crippen LogP contribution is 2.22. The van der Waals surface area contributed by atoms with Crippen molar-refractivity contribution in [3.05, 3.63) is 36.0 Å². The molecule has 20 heavy (non-hydrogen) atoms. The van der Waals surface area contributed by atoms with Gasteiger partial charge in [0.2, 0.25) is 0 Å². The van der Waals surface area contributed by atoms with Crippen molar-refractivity contribution in [3.63, 3.8) is 0 Å². The van der Waals surface area contributed by atoms with Gasteiger partial charge < -0.3 is 20.3 Å². The SMILES string of the molecule is C/C=C(/C)Nc1cccc(OC(C)(C)C)c1.CC(O)O. The van der Waals surface area contributed by atoms with Crippen molar-refractivity contribution in [2.75, 3.05) is 5.32 Å². The first-order valence-electron chi connectivity index (χ1n) is 6.69. The molecule has 0 heterocycles. The summed E-state index contributed by atoms with van der Waals surface area (Å²) in [6.07, 6.45) is 0.872. The highest BCUT2D eigenvalue weighted by molar-refractivity contribution is 5.51. The minimum absolute atomic E-state index is 0.158. The van der Waals surface area contributed by atoms with Crippen LogP contribution < -0.4 is 10.1 Å². The van der Waals surface area contributed by atoms with Crippen molar-refractivity contribution < 1.29 is 14.9 Å². The van der Waals surface area contributed by atoms with Crippen LogP contribution in [0.5, 0.6) is 5.75 Å². The van der Waals surface area contributed by atoms with Gasteiger partial charge in [0.05, 0.1) is 0 Å². The molecule has 0 fully saturated rings. The lowest BCUT2D eigenvalue weighted by Crippen LogP contribution is -2.22. The van der Waals surface area contributed by atoms with E-state index >= 15 is 0 Å². The molecule has 114 valence electrons. The van der Waals surface area contributed by atoms with E-state index in [9.17, 15) is 0 Å². The summed E-state index contributed by atoms with van der Waals surface area (Å²) in [7, 11) is 0. The Bertz CT molecular complexity index is 417. The quantitative estimate of drug-likeness (QED) is 0.742. The van der Waals surface area contributed by atoms with Crippen LogP contribution in [0, 0.1) is 0 Å². The number of aliphatic hydroxyl groups excluding tert-OH is 1. The average molecular weight is 281 g/mol. The van der Waals surface area contributed by atoms with Gasteiger partial charge in [0.1, 0.15) is 17.6 Å². The number of nitrogens with one attached hydrogen (secondary N) is 1. The lowest BCUT2D eigenvalue weighted by Gasteiger charge is -2.21. The minimum Gasteiger partial charge on any atom is -0.488 e. The van der Waals surface area contributed by atoms with E-state index in [-0.39, 0.29) is 5.60 Å². The van der Waals surface area contributed by atoms with Crippen molar-refractivity contribution in [1.29, 1.82) is 0 Å². The van der Waals surface area contributed by atoms with E-state index in [1.54, 1.807) is 0 Å². The first kappa shape index (κ1) is 18.5. The van der Waals surface area contributed by atoms with Crippen LogP contribution in [0.4, 0.5) is 5.69 Å². The first-order valence-corrected chi connectivity index (χ1v) is 6.69. The van der Waals surface area contributed by atoms with E-state index in [0.29, 0.717) is 0 Å². The van der Waals surface area contributed by atoms with Gasteiger partial charge in [-0.15, -0.1) is 0 Å². The third-order valence-corrected chi connectivity index (χ3v) is 2.03. The number of anilines is 1. The molecule has 0 aliphatic heterocycles. The monoisotopic (exact) mass is 281 g/mol. The maximum Gasteiger partial charge on any atom is 0.148 e. The Morgan fingerprint density at radius 3 is 2.30 bits per heavy atom. The van der Waals surface area contributed by atoms with Gasteiger partial charge in [0.15, 0.2) is 0 Å². The fourth-order valence-corrected chi connectivity index (χ4v) is 1.29. The van der Waals surface area contributed by atoms with Crippen LogP contribution in [0.3, 0.4) is 0 Å². The van der Waals surface area contributed by atoms with Gasteiger partial charge in [-0.3, -0.25) is 0 Å². The maximum absolute atomic E-state index is 7.61. The summed E-state index contributed by atoms with van der Waals surface area (Å²) < 4.78 is 5.80. The zero-order valence-corrected chi connectivity index (χ0v) is 13.3. The predicted molar refractivity (Wildman–Crippen MR) is 83.8 cm³/mol. The smallest absolute Gasteiger partial charge is 0.148 e. The molecular weight excluding hydrogens is 254 g/mol. The van der Waals surface area contributed by atoms with E-state index in [1.807, 2.05) is 65.0 Å². The second kappa shape index (κ2) is 8.61. The van der Waals surface area contributed by atoms with Crippen LogP contribution in [-0.2, 0) is 0 Å². The van der Waals surface area contributed by atoms with Crippen LogP contribution in [0.15, 0.2) is 36.0 Å². The summed E-state index contributed by atoms with van der Waals surface area (Å²) in [4.78, 5) is 0. The number of allylic oxidation sites excluding steroid dienone is 2. The van der Waals surface area contributed by atoms with Gasteiger partial charge in [0.25, 0.3) is 0 Å². The zero-order chi connectivity index (χ0) is 15.8. The Hall–Kier alpha value is -1.52. The molecule has 0 aliphatic carbocycles. The molecule has 1 aromatic rings. The minimum atomic E-state index is -1.17. The van der Waals surface area contributed by atoms with Gasteiger partial charge in [-0.05, 0) is 53.7 Å². The first-order chi connectivity index (χ1) is 9.14. The van der Waals surface area contributed by atoms with Crippen molar-refractivity contribution in [3.8, 4) is 5.75 Å². The van der Waals surface area contributed by atoms with Gasteiger partial charge in [-0.2, -0.15) is 0 Å². The predicted octanol–water partition coefficient (Wildman–Crippen LogP) is 3.52. The number of aliphatic hydroxyl groups is 2. The van der Waals surface area contributed by atoms with E-state index in [2.05, 4.69) is 5.32 Å². The van der Waals surface area contributed by atoms with E-state index in [0.717, 1.165) is 17.1 Å². The second-order valence-electron chi connectivity index (χ2n) is 5.47. The summed E-state index contributed by atoms with van der Waals surface area (Å²) in [5.41, 5.74) is 2.03. The van der Waals surface area contributed by atoms with Gasteiger partial charge in [0, 0.05) is 17.5 Å². The summed E-state index contributed by atoms with van der Waals surface area (Å²) >= 11 is 0. The van der Waals surface area contributed by atoms with E-state index in [4.69, 9.17) is 14.9 Å². The summed E-state index contributed by atoms with van der Waals surface area (Å²) in [5, 5.41) is 18.5. The molecule has 0 bridgehead atoms. The van der Waals surface area contributed by atoms with Crippen LogP contribution in [0.2, 0.25) is 0 Å². The van der Waals surface area contributed by atoms with Crippen molar-refractivity contribution in [2.24, 2.45) is 0 Å². The molecular formula is C16H27NO3. The third-order valence-electron chi connectivity index (χ3n) is 2.03.